The first-order valence-electron chi connectivity index (χ1n) is 9.14. The summed E-state index contributed by atoms with van der Waals surface area (Å²) < 4.78 is 7.29. The van der Waals surface area contributed by atoms with Crippen molar-refractivity contribution in [3.8, 4) is 17.0 Å². The number of ether oxygens (including phenoxy) is 1. The lowest BCUT2D eigenvalue weighted by molar-refractivity contribution is -0.384. The summed E-state index contributed by atoms with van der Waals surface area (Å²) in [4.78, 5) is 27.8. The lowest BCUT2D eigenvalue weighted by atomic mass is 10.1. The molecule has 0 atom stereocenters. The fourth-order valence-corrected chi connectivity index (χ4v) is 3.14. The van der Waals surface area contributed by atoms with Gasteiger partial charge in [-0.25, -0.2) is 4.98 Å². The van der Waals surface area contributed by atoms with Gasteiger partial charge in [-0.05, 0) is 48.9 Å². The normalized spacial score (nSPS) is 10.7. The molecule has 0 spiro atoms. The molecule has 150 valence electrons. The van der Waals surface area contributed by atoms with Gasteiger partial charge in [-0.1, -0.05) is 6.07 Å². The van der Waals surface area contributed by atoms with E-state index in [1.54, 1.807) is 12.1 Å². The molecule has 0 unspecified atom stereocenters. The minimum absolute atomic E-state index is 0.150. The van der Waals surface area contributed by atoms with E-state index in [0.29, 0.717) is 11.4 Å². The van der Waals surface area contributed by atoms with Crippen molar-refractivity contribution < 1.29 is 14.5 Å². The predicted molar refractivity (Wildman–Crippen MR) is 113 cm³/mol. The van der Waals surface area contributed by atoms with Crippen molar-refractivity contribution in [3.63, 3.8) is 0 Å². The number of non-ortho nitro benzene ring substituents is 1. The van der Waals surface area contributed by atoms with E-state index in [4.69, 9.17) is 4.74 Å². The van der Waals surface area contributed by atoms with Gasteiger partial charge in [0.1, 0.15) is 11.4 Å². The number of nitrogens with zero attached hydrogens (tertiary/aromatic N) is 3. The SMILES string of the molecule is COc1ccc(-c2cn3ccc(C)cc3n2)cc1NC(=O)c1cccc([N+](=O)[O-])c1. The number of nitro groups is 1. The Hall–Kier alpha value is -4.20. The van der Waals surface area contributed by atoms with Gasteiger partial charge in [0.25, 0.3) is 11.6 Å². The maximum atomic E-state index is 12.7. The smallest absolute Gasteiger partial charge is 0.270 e. The van der Waals surface area contributed by atoms with Gasteiger partial charge in [-0.15, -0.1) is 0 Å². The quantitative estimate of drug-likeness (QED) is 0.392. The van der Waals surface area contributed by atoms with Gasteiger partial charge in [-0.2, -0.15) is 0 Å². The van der Waals surface area contributed by atoms with E-state index < -0.39 is 10.8 Å². The number of benzene rings is 2. The number of carbonyl (C=O) groups excluding carboxylic acids is 1. The first-order valence-corrected chi connectivity index (χ1v) is 9.14. The number of amides is 1. The number of nitro benzene ring substituents is 1. The van der Waals surface area contributed by atoms with Crippen LogP contribution in [0.15, 0.2) is 67.0 Å². The van der Waals surface area contributed by atoms with Gasteiger partial charge in [0, 0.05) is 35.7 Å². The van der Waals surface area contributed by atoms with Crippen LogP contribution in [0.2, 0.25) is 0 Å². The number of carbonyl (C=O) groups is 1. The molecule has 0 radical (unpaired) electrons. The molecule has 0 bridgehead atoms. The van der Waals surface area contributed by atoms with Crippen LogP contribution < -0.4 is 10.1 Å². The van der Waals surface area contributed by atoms with Crippen molar-refractivity contribution in [2.45, 2.75) is 6.92 Å². The molecule has 1 amide bonds. The zero-order chi connectivity index (χ0) is 21.3. The fraction of sp³-hybridized carbons (Fsp3) is 0.0909. The number of imidazole rings is 1. The number of hydrogen-bond acceptors (Lipinski definition) is 5. The molecule has 8 nitrogen and oxygen atoms in total. The van der Waals surface area contributed by atoms with Crippen LogP contribution in [0, 0.1) is 17.0 Å². The molecule has 8 heteroatoms. The van der Waals surface area contributed by atoms with E-state index in [9.17, 15) is 14.9 Å². The van der Waals surface area contributed by atoms with E-state index in [1.807, 2.05) is 41.9 Å². The number of nitrogens with one attached hydrogen (secondary N) is 1. The van der Waals surface area contributed by atoms with Crippen molar-refractivity contribution in [1.29, 1.82) is 0 Å². The van der Waals surface area contributed by atoms with E-state index in [1.165, 1.54) is 31.4 Å². The van der Waals surface area contributed by atoms with Crippen LogP contribution in [0.4, 0.5) is 11.4 Å². The monoisotopic (exact) mass is 402 g/mol. The van der Waals surface area contributed by atoms with Crippen LogP contribution in [-0.4, -0.2) is 27.3 Å². The van der Waals surface area contributed by atoms with E-state index >= 15 is 0 Å². The highest BCUT2D eigenvalue weighted by atomic mass is 16.6. The number of pyridine rings is 1. The highest BCUT2D eigenvalue weighted by Crippen LogP contribution is 2.31. The molecule has 0 fully saturated rings. The number of anilines is 1. The summed E-state index contributed by atoms with van der Waals surface area (Å²) >= 11 is 0. The fourth-order valence-electron chi connectivity index (χ4n) is 3.14. The summed E-state index contributed by atoms with van der Waals surface area (Å²) in [6, 6.07) is 14.9. The number of hydrogen-bond donors (Lipinski definition) is 1. The van der Waals surface area contributed by atoms with Gasteiger partial charge in [0.05, 0.1) is 23.4 Å². The number of aromatic nitrogens is 2. The van der Waals surface area contributed by atoms with Crippen molar-refractivity contribution in [3.05, 3.63) is 88.2 Å². The number of fused-ring (bicyclic) bond motifs is 1. The van der Waals surface area contributed by atoms with E-state index in [0.717, 1.165) is 22.5 Å². The maximum Gasteiger partial charge on any atom is 0.270 e. The largest absolute Gasteiger partial charge is 0.495 e. The zero-order valence-electron chi connectivity index (χ0n) is 16.3. The molecule has 2 aromatic heterocycles. The molecule has 0 saturated heterocycles. The highest BCUT2D eigenvalue weighted by Gasteiger charge is 2.15. The minimum Gasteiger partial charge on any atom is -0.495 e. The topological polar surface area (TPSA) is 98.8 Å². The van der Waals surface area contributed by atoms with Gasteiger partial charge in [0.15, 0.2) is 0 Å². The molecule has 4 rings (SSSR count). The molecular weight excluding hydrogens is 384 g/mol. The zero-order valence-corrected chi connectivity index (χ0v) is 16.3. The Morgan fingerprint density at radius 2 is 2.00 bits per heavy atom. The molecule has 1 N–H and O–H groups in total. The van der Waals surface area contributed by atoms with E-state index in [-0.39, 0.29) is 11.3 Å². The lowest BCUT2D eigenvalue weighted by Crippen LogP contribution is -2.13. The van der Waals surface area contributed by atoms with Gasteiger partial charge in [-0.3, -0.25) is 14.9 Å². The lowest BCUT2D eigenvalue weighted by Gasteiger charge is -2.11. The summed E-state index contributed by atoms with van der Waals surface area (Å²) in [6.07, 6.45) is 3.85. The second-order valence-corrected chi connectivity index (χ2v) is 6.77. The molecule has 0 aliphatic carbocycles. The van der Waals surface area contributed by atoms with Crippen LogP contribution in [0.25, 0.3) is 16.9 Å². The second kappa shape index (κ2) is 7.67. The average Bonchev–Trinajstić information content (AvgIpc) is 3.17. The van der Waals surface area contributed by atoms with Crippen LogP contribution in [0.5, 0.6) is 5.75 Å². The number of rotatable bonds is 5. The standard InChI is InChI=1S/C22H18N4O4/c1-14-8-9-25-13-19(23-21(25)10-14)15-6-7-20(30-2)18(12-15)24-22(27)16-4-3-5-17(11-16)26(28)29/h3-13H,1-2H3,(H,24,27). The summed E-state index contributed by atoms with van der Waals surface area (Å²) in [5, 5.41) is 13.8. The Kier molecular flexibility index (Phi) is 4.89. The van der Waals surface area contributed by atoms with Crippen LogP contribution in [-0.2, 0) is 0 Å². The van der Waals surface area contributed by atoms with Crippen LogP contribution in [0.1, 0.15) is 15.9 Å². The van der Waals surface area contributed by atoms with Crippen molar-refractivity contribution in [1.82, 2.24) is 9.38 Å². The second-order valence-electron chi connectivity index (χ2n) is 6.77. The predicted octanol–water partition coefficient (Wildman–Crippen LogP) is 4.48. The molecule has 0 aliphatic rings. The van der Waals surface area contributed by atoms with Gasteiger partial charge < -0.3 is 14.5 Å². The third kappa shape index (κ3) is 3.70. The Bertz CT molecular complexity index is 1280. The van der Waals surface area contributed by atoms with Gasteiger partial charge in [0.2, 0.25) is 0 Å². The molecule has 0 aliphatic heterocycles. The molecule has 2 heterocycles. The Labute approximate surface area is 171 Å². The van der Waals surface area contributed by atoms with E-state index in [2.05, 4.69) is 10.3 Å². The third-order valence-electron chi connectivity index (χ3n) is 4.68. The Balaban J connectivity index is 1.68. The molecule has 30 heavy (non-hydrogen) atoms. The Morgan fingerprint density at radius 3 is 2.77 bits per heavy atom. The summed E-state index contributed by atoms with van der Waals surface area (Å²) in [5.74, 6) is -0.00286. The first-order chi connectivity index (χ1) is 14.4. The highest BCUT2D eigenvalue weighted by molar-refractivity contribution is 6.05. The molecule has 4 aromatic rings. The number of methoxy groups -OCH3 is 1. The molecule has 0 saturated carbocycles. The number of aryl methyl sites for hydroxylation is 1. The van der Waals surface area contributed by atoms with Crippen LogP contribution >= 0.6 is 0 Å². The van der Waals surface area contributed by atoms with Crippen molar-refractivity contribution in [2.24, 2.45) is 0 Å². The molecule has 2 aromatic carbocycles. The van der Waals surface area contributed by atoms with Crippen molar-refractivity contribution >= 4 is 22.9 Å². The third-order valence-corrected chi connectivity index (χ3v) is 4.68. The summed E-state index contributed by atoms with van der Waals surface area (Å²) in [5.41, 5.74) is 3.95. The summed E-state index contributed by atoms with van der Waals surface area (Å²) in [7, 11) is 1.51. The summed E-state index contributed by atoms with van der Waals surface area (Å²) in [6.45, 7) is 2.00. The van der Waals surface area contributed by atoms with Gasteiger partial charge >= 0.3 is 0 Å². The van der Waals surface area contributed by atoms with Crippen molar-refractivity contribution in [2.75, 3.05) is 12.4 Å². The average molecular weight is 402 g/mol. The first kappa shape index (κ1) is 19.1. The Morgan fingerprint density at radius 1 is 1.17 bits per heavy atom. The minimum atomic E-state index is -0.539. The maximum absolute atomic E-state index is 12.7. The van der Waals surface area contributed by atoms with Crippen LogP contribution in [0.3, 0.4) is 0 Å². The molecular formula is C22H18N4O4.